The van der Waals surface area contributed by atoms with Crippen molar-refractivity contribution < 1.29 is 8.42 Å². The maximum absolute atomic E-state index is 12.8. The van der Waals surface area contributed by atoms with Gasteiger partial charge in [-0.3, -0.25) is 4.31 Å². The maximum atomic E-state index is 12.8. The third kappa shape index (κ3) is 3.39. The Labute approximate surface area is 127 Å². The molecule has 1 fully saturated rings. The molecule has 5 nitrogen and oxygen atoms in total. The molecule has 0 amide bonds. The summed E-state index contributed by atoms with van der Waals surface area (Å²) < 4.78 is 28.5. The minimum absolute atomic E-state index is 0.0823. The Morgan fingerprint density at radius 1 is 1.29 bits per heavy atom. The summed E-state index contributed by atoms with van der Waals surface area (Å²) in [4.78, 5) is 0. The van der Waals surface area contributed by atoms with E-state index in [1.165, 1.54) is 9.87 Å². The Morgan fingerprint density at radius 3 is 2.52 bits per heavy atom. The van der Waals surface area contributed by atoms with Crippen molar-refractivity contribution in [2.45, 2.75) is 38.6 Å². The number of nitrogens with zero attached hydrogens (tertiary/aromatic N) is 2. The first-order valence-corrected chi connectivity index (χ1v) is 8.95. The van der Waals surface area contributed by atoms with Crippen LogP contribution >= 0.6 is 0 Å². The fraction of sp³-hybridized carbons (Fsp3) is 0.600. The maximum Gasteiger partial charge on any atom is 0.304 e. The van der Waals surface area contributed by atoms with Crippen LogP contribution in [0.4, 0.5) is 5.69 Å². The summed E-state index contributed by atoms with van der Waals surface area (Å²) >= 11 is 0. The Kier molecular flexibility index (Phi) is 5.24. The summed E-state index contributed by atoms with van der Waals surface area (Å²) in [6.45, 7) is 3.01. The summed E-state index contributed by atoms with van der Waals surface area (Å²) in [6.07, 6.45) is 3.73. The molecule has 6 heteroatoms. The van der Waals surface area contributed by atoms with Crippen LogP contribution in [0.1, 0.15) is 31.7 Å². The summed E-state index contributed by atoms with van der Waals surface area (Å²) in [6, 6.07) is 7.58. The topological polar surface area (TPSA) is 66.6 Å². The molecule has 1 heterocycles. The van der Waals surface area contributed by atoms with Gasteiger partial charge in [0.15, 0.2) is 0 Å². The van der Waals surface area contributed by atoms with Gasteiger partial charge < -0.3 is 5.73 Å². The molecule has 0 spiro atoms. The van der Waals surface area contributed by atoms with Gasteiger partial charge in [0, 0.05) is 26.2 Å². The van der Waals surface area contributed by atoms with Gasteiger partial charge in [0.25, 0.3) is 0 Å². The van der Waals surface area contributed by atoms with Gasteiger partial charge in [-0.25, -0.2) is 0 Å². The highest BCUT2D eigenvalue weighted by atomic mass is 32.2. The minimum atomic E-state index is -3.51. The Balaban J connectivity index is 2.24. The number of hydrogen-bond acceptors (Lipinski definition) is 3. The van der Waals surface area contributed by atoms with E-state index in [9.17, 15) is 8.42 Å². The van der Waals surface area contributed by atoms with E-state index < -0.39 is 10.2 Å². The Morgan fingerprint density at radius 2 is 1.95 bits per heavy atom. The highest BCUT2D eigenvalue weighted by Gasteiger charge is 2.34. The van der Waals surface area contributed by atoms with E-state index >= 15 is 0 Å². The first-order valence-electron chi connectivity index (χ1n) is 7.55. The van der Waals surface area contributed by atoms with Crippen molar-refractivity contribution in [2.24, 2.45) is 5.73 Å². The summed E-state index contributed by atoms with van der Waals surface area (Å²) in [7, 11) is -1.90. The molecule has 0 bridgehead atoms. The SMILES string of the molecule is CCc1ccc(N(C)S(=O)(=O)N2CCCCC2CN)cc1. The molecule has 21 heavy (non-hydrogen) atoms. The summed E-state index contributed by atoms with van der Waals surface area (Å²) in [5.74, 6) is 0. The van der Waals surface area contributed by atoms with Crippen LogP contribution in [0.3, 0.4) is 0 Å². The number of hydrogen-bond donors (Lipinski definition) is 1. The number of anilines is 1. The lowest BCUT2D eigenvalue weighted by Gasteiger charge is -2.36. The van der Waals surface area contributed by atoms with E-state index in [1.54, 1.807) is 11.4 Å². The van der Waals surface area contributed by atoms with Crippen molar-refractivity contribution in [3.63, 3.8) is 0 Å². The average molecular weight is 311 g/mol. The number of rotatable bonds is 5. The van der Waals surface area contributed by atoms with E-state index in [1.807, 2.05) is 24.3 Å². The Bertz CT molecular complexity index is 557. The molecule has 1 saturated heterocycles. The molecule has 1 atom stereocenters. The molecule has 0 aliphatic carbocycles. The molecular formula is C15H25N3O2S. The quantitative estimate of drug-likeness (QED) is 0.901. The minimum Gasteiger partial charge on any atom is -0.329 e. The molecule has 0 radical (unpaired) electrons. The lowest BCUT2D eigenvalue weighted by atomic mass is 10.1. The fourth-order valence-corrected chi connectivity index (χ4v) is 4.38. The van der Waals surface area contributed by atoms with Crippen molar-refractivity contribution in [3.05, 3.63) is 29.8 Å². The van der Waals surface area contributed by atoms with Gasteiger partial charge in [0.05, 0.1) is 5.69 Å². The van der Waals surface area contributed by atoms with Crippen molar-refractivity contribution in [1.82, 2.24) is 4.31 Å². The molecule has 2 rings (SSSR count). The number of nitrogens with two attached hydrogens (primary N) is 1. The van der Waals surface area contributed by atoms with Crippen LogP contribution in [0, 0.1) is 0 Å². The molecule has 1 aromatic rings. The van der Waals surface area contributed by atoms with Gasteiger partial charge in [-0.1, -0.05) is 25.5 Å². The lowest BCUT2D eigenvalue weighted by Crippen LogP contribution is -2.52. The largest absolute Gasteiger partial charge is 0.329 e. The molecule has 1 aliphatic rings. The van der Waals surface area contributed by atoms with E-state index in [-0.39, 0.29) is 6.04 Å². The van der Waals surface area contributed by atoms with Crippen molar-refractivity contribution >= 4 is 15.9 Å². The van der Waals surface area contributed by atoms with Crippen LogP contribution in [-0.4, -0.2) is 38.9 Å². The van der Waals surface area contributed by atoms with E-state index in [0.29, 0.717) is 18.8 Å². The second-order valence-electron chi connectivity index (χ2n) is 5.49. The van der Waals surface area contributed by atoms with Crippen LogP contribution in [0.5, 0.6) is 0 Å². The Hall–Kier alpha value is -1.11. The predicted molar refractivity (Wildman–Crippen MR) is 86.5 cm³/mol. The molecular weight excluding hydrogens is 286 g/mol. The second-order valence-corrected chi connectivity index (χ2v) is 7.40. The third-order valence-corrected chi connectivity index (χ3v) is 6.17. The number of aryl methyl sites for hydroxylation is 1. The van der Waals surface area contributed by atoms with Gasteiger partial charge in [0.1, 0.15) is 0 Å². The molecule has 1 unspecified atom stereocenters. The predicted octanol–water partition coefficient (Wildman–Crippen LogP) is 1.74. The van der Waals surface area contributed by atoms with Crippen molar-refractivity contribution in [1.29, 1.82) is 0 Å². The summed E-state index contributed by atoms with van der Waals surface area (Å²) in [5.41, 5.74) is 7.63. The van der Waals surface area contributed by atoms with E-state index in [0.717, 1.165) is 25.7 Å². The fourth-order valence-electron chi connectivity index (χ4n) is 2.75. The van der Waals surface area contributed by atoms with Crippen LogP contribution in [0.15, 0.2) is 24.3 Å². The van der Waals surface area contributed by atoms with Crippen LogP contribution in [0.2, 0.25) is 0 Å². The first kappa shape index (κ1) is 16.3. The molecule has 1 aromatic carbocycles. The third-order valence-electron chi connectivity index (χ3n) is 4.20. The second kappa shape index (κ2) is 6.77. The van der Waals surface area contributed by atoms with Gasteiger partial charge in [-0.05, 0) is 37.0 Å². The van der Waals surface area contributed by atoms with Gasteiger partial charge >= 0.3 is 10.2 Å². The van der Waals surface area contributed by atoms with Gasteiger partial charge in [0.2, 0.25) is 0 Å². The molecule has 2 N–H and O–H groups in total. The highest BCUT2D eigenvalue weighted by Crippen LogP contribution is 2.25. The number of benzene rings is 1. The zero-order valence-corrected chi connectivity index (χ0v) is 13.6. The zero-order chi connectivity index (χ0) is 15.5. The van der Waals surface area contributed by atoms with Crippen molar-refractivity contribution in [3.8, 4) is 0 Å². The molecule has 0 aromatic heterocycles. The molecule has 1 aliphatic heterocycles. The van der Waals surface area contributed by atoms with Gasteiger partial charge in [-0.15, -0.1) is 0 Å². The van der Waals surface area contributed by atoms with Crippen LogP contribution < -0.4 is 10.0 Å². The van der Waals surface area contributed by atoms with Crippen LogP contribution in [0.25, 0.3) is 0 Å². The normalized spacial score (nSPS) is 20.4. The van der Waals surface area contributed by atoms with E-state index in [2.05, 4.69) is 6.92 Å². The van der Waals surface area contributed by atoms with Crippen LogP contribution in [-0.2, 0) is 16.6 Å². The molecule has 0 saturated carbocycles. The smallest absolute Gasteiger partial charge is 0.304 e. The highest BCUT2D eigenvalue weighted by molar-refractivity contribution is 7.90. The van der Waals surface area contributed by atoms with E-state index in [4.69, 9.17) is 5.73 Å². The lowest BCUT2D eigenvalue weighted by molar-refractivity contribution is 0.257. The standard InChI is InChI=1S/C15H25N3O2S/c1-3-13-7-9-14(10-8-13)17(2)21(19,20)18-11-5-4-6-15(18)12-16/h7-10,15H,3-6,11-12,16H2,1-2H3. The van der Waals surface area contributed by atoms with Gasteiger partial charge in [-0.2, -0.15) is 12.7 Å². The average Bonchev–Trinajstić information content (AvgIpc) is 2.54. The molecule has 118 valence electrons. The monoisotopic (exact) mass is 311 g/mol. The summed E-state index contributed by atoms with van der Waals surface area (Å²) in [5, 5.41) is 0. The zero-order valence-electron chi connectivity index (χ0n) is 12.8. The number of piperidine rings is 1. The van der Waals surface area contributed by atoms with Crippen molar-refractivity contribution in [2.75, 3.05) is 24.4 Å². The first-order chi connectivity index (χ1) is 10.0.